The summed E-state index contributed by atoms with van der Waals surface area (Å²) in [6.07, 6.45) is 3.05. The Kier molecular flexibility index (Phi) is 11.4. The fraction of sp³-hybridized carbons (Fsp3) is 0.480. The molecule has 1 atom stereocenters. The van der Waals surface area contributed by atoms with Gasteiger partial charge in [0.1, 0.15) is 11.2 Å². The van der Waals surface area contributed by atoms with Gasteiger partial charge in [-0.2, -0.15) is 0 Å². The molecule has 0 bridgehead atoms. The van der Waals surface area contributed by atoms with Crippen molar-refractivity contribution in [1.82, 2.24) is 15.3 Å². The van der Waals surface area contributed by atoms with E-state index in [4.69, 9.17) is 26.8 Å². The Balaban J connectivity index is 2.02. The Bertz CT molecular complexity index is 1010. The quantitative estimate of drug-likeness (QED) is 0.240. The molecule has 0 aliphatic heterocycles. The van der Waals surface area contributed by atoms with Gasteiger partial charge < -0.3 is 20.5 Å². The fourth-order valence-electron chi connectivity index (χ4n) is 3.67. The zero-order valence-corrected chi connectivity index (χ0v) is 21.2. The van der Waals surface area contributed by atoms with Crippen LogP contribution in [0.3, 0.4) is 0 Å². The molecule has 0 spiro atoms. The van der Waals surface area contributed by atoms with E-state index < -0.39 is 23.9 Å². The number of aryl methyl sites for hydroxylation is 2. The van der Waals surface area contributed by atoms with E-state index in [1.54, 1.807) is 26.0 Å². The molecule has 1 heterocycles. The molecule has 0 fully saturated rings. The number of anilines is 1. The molecule has 1 amide bonds. The van der Waals surface area contributed by atoms with Crippen molar-refractivity contribution in [3.63, 3.8) is 0 Å². The molecular weight excluding hydrogens is 472 g/mol. The molecule has 0 aliphatic rings. The minimum atomic E-state index is -0.949. The van der Waals surface area contributed by atoms with E-state index in [0.717, 1.165) is 29.7 Å². The highest BCUT2D eigenvalue weighted by Gasteiger charge is 2.24. The van der Waals surface area contributed by atoms with Crippen LogP contribution in [0.25, 0.3) is 0 Å². The van der Waals surface area contributed by atoms with E-state index in [9.17, 15) is 14.4 Å². The lowest BCUT2D eigenvalue weighted by Crippen LogP contribution is -2.42. The number of aromatic nitrogens is 2. The maximum Gasteiger partial charge on any atom is 0.328 e. The van der Waals surface area contributed by atoms with E-state index in [-0.39, 0.29) is 32.0 Å². The summed E-state index contributed by atoms with van der Waals surface area (Å²) in [7, 11) is 0. The van der Waals surface area contributed by atoms with E-state index in [1.807, 2.05) is 19.1 Å². The minimum absolute atomic E-state index is 0.00389. The van der Waals surface area contributed by atoms with Gasteiger partial charge in [-0.05, 0) is 64.5 Å². The number of benzene rings is 1. The Morgan fingerprint density at radius 3 is 2.43 bits per heavy atom. The van der Waals surface area contributed by atoms with Crippen LogP contribution in [0.2, 0.25) is 5.15 Å². The highest BCUT2D eigenvalue weighted by molar-refractivity contribution is 6.30. The van der Waals surface area contributed by atoms with Crippen molar-refractivity contribution in [3.8, 4) is 0 Å². The number of unbranched alkanes of at least 4 members (excludes halogenated alkanes) is 1. The number of rotatable bonds is 13. The Morgan fingerprint density at radius 1 is 1.06 bits per heavy atom. The van der Waals surface area contributed by atoms with Crippen LogP contribution in [0.4, 0.5) is 5.95 Å². The van der Waals surface area contributed by atoms with E-state index in [1.165, 1.54) is 0 Å². The predicted octanol–water partition coefficient (Wildman–Crippen LogP) is 3.59. The van der Waals surface area contributed by atoms with Gasteiger partial charge in [0.15, 0.2) is 0 Å². The second-order valence-electron chi connectivity index (χ2n) is 7.92. The number of nitrogens with zero attached hydrogens (tertiary/aromatic N) is 2. The second kappa shape index (κ2) is 14.3. The number of nitrogen functional groups attached to an aromatic ring is 1. The molecule has 0 aliphatic carbocycles. The average molecular weight is 505 g/mol. The molecule has 1 aromatic carbocycles. The number of carbonyl (C=O) groups excluding carboxylic acids is 3. The average Bonchev–Trinajstić information content (AvgIpc) is 2.81. The highest BCUT2D eigenvalue weighted by atomic mass is 35.5. The standard InChI is InChI=1S/C25H33ClN4O5/c1-4-34-21(31)15-14-20(24(33)35-5-2)29-23(32)19-13-9-7-11-17(19)10-6-8-12-18-16(3)28-25(27)30-22(18)26/h7,9,11,13,20H,4-6,8,10,12,14-15H2,1-3H3,(H,29,32)(H2,27,28,30)/t20-/m0/s1. The number of halogens is 1. The van der Waals surface area contributed by atoms with Crippen LogP contribution in [-0.2, 0) is 31.9 Å². The third-order valence-electron chi connectivity index (χ3n) is 5.38. The van der Waals surface area contributed by atoms with Crippen molar-refractivity contribution in [3.05, 3.63) is 51.8 Å². The van der Waals surface area contributed by atoms with Crippen molar-refractivity contribution >= 4 is 35.4 Å². The minimum Gasteiger partial charge on any atom is -0.466 e. The van der Waals surface area contributed by atoms with Crippen LogP contribution in [0.15, 0.2) is 24.3 Å². The van der Waals surface area contributed by atoms with Crippen LogP contribution in [-0.4, -0.2) is 47.1 Å². The van der Waals surface area contributed by atoms with Crippen molar-refractivity contribution < 1.29 is 23.9 Å². The van der Waals surface area contributed by atoms with Gasteiger partial charge in [-0.3, -0.25) is 9.59 Å². The number of carbonyl (C=O) groups is 3. The van der Waals surface area contributed by atoms with Crippen molar-refractivity contribution in [2.45, 2.75) is 65.3 Å². The van der Waals surface area contributed by atoms with E-state index >= 15 is 0 Å². The molecule has 9 nitrogen and oxygen atoms in total. The summed E-state index contributed by atoms with van der Waals surface area (Å²) in [4.78, 5) is 45.3. The maximum atomic E-state index is 13.0. The first-order valence-electron chi connectivity index (χ1n) is 11.8. The Hall–Kier alpha value is -3.20. The summed E-state index contributed by atoms with van der Waals surface area (Å²) < 4.78 is 10.00. The summed E-state index contributed by atoms with van der Waals surface area (Å²) in [5.74, 6) is -1.26. The van der Waals surface area contributed by atoms with Crippen LogP contribution >= 0.6 is 11.6 Å². The van der Waals surface area contributed by atoms with Crippen LogP contribution in [0.5, 0.6) is 0 Å². The topological polar surface area (TPSA) is 133 Å². The van der Waals surface area contributed by atoms with Crippen LogP contribution in [0, 0.1) is 6.92 Å². The summed E-state index contributed by atoms with van der Waals surface area (Å²) in [5, 5.41) is 3.09. The van der Waals surface area contributed by atoms with Gasteiger partial charge in [-0.15, -0.1) is 0 Å². The molecule has 0 saturated carbocycles. The lowest BCUT2D eigenvalue weighted by Gasteiger charge is -2.18. The zero-order chi connectivity index (χ0) is 25.8. The highest BCUT2D eigenvalue weighted by Crippen LogP contribution is 2.21. The van der Waals surface area contributed by atoms with E-state index in [0.29, 0.717) is 23.6 Å². The van der Waals surface area contributed by atoms with Gasteiger partial charge in [0.25, 0.3) is 5.91 Å². The number of ether oxygens (including phenoxy) is 2. The van der Waals surface area contributed by atoms with E-state index in [2.05, 4.69) is 15.3 Å². The van der Waals surface area contributed by atoms with Crippen molar-refractivity contribution in [1.29, 1.82) is 0 Å². The molecule has 0 saturated heterocycles. The third-order valence-corrected chi connectivity index (χ3v) is 5.70. The molecule has 2 aromatic rings. The van der Waals surface area contributed by atoms with Crippen LogP contribution in [0.1, 0.15) is 66.7 Å². The molecular formula is C25H33ClN4O5. The second-order valence-corrected chi connectivity index (χ2v) is 8.28. The molecule has 2 rings (SSSR count). The fourth-order valence-corrected chi connectivity index (χ4v) is 3.98. The maximum absolute atomic E-state index is 13.0. The number of hydrogen-bond acceptors (Lipinski definition) is 8. The van der Waals surface area contributed by atoms with Gasteiger partial charge in [-0.25, -0.2) is 14.8 Å². The molecule has 0 radical (unpaired) electrons. The lowest BCUT2D eigenvalue weighted by molar-refractivity contribution is -0.146. The molecule has 3 N–H and O–H groups in total. The van der Waals surface area contributed by atoms with Gasteiger partial charge in [0, 0.05) is 23.2 Å². The predicted molar refractivity (Wildman–Crippen MR) is 133 cm³/mol. The third kappa shape index (κ3) is 8.83. The summed E-state index contributed by atoms with van der Waals surface area (Å²) in [6.45, 7) is 5.66. The Labute approximate surface area is 210 Å². The number of nitrogens with two attached hydrogens (primary N) is 1. The van der Waals surface area contributed by atoms with Crippen molar-refractivity contribution in [2.24, 2.45) is 0 Å². The first-order chi connectivity index (χ1) is 16.8. The van der Waals surface area contributed by atoms with Crippen LogP contribution < -0.4 is 11.1 Å². The van der Waals surface area contributed by atoms with Gasteiger partial charge >= 0.3 is 11.9 Å². The summed E-state index contributed by atoms with van der Waals surface area (Å²) in [5.41, 5.74) is 8.58. The number of esters is 2. The molecule has 190 valence electrons. The first-order valence-corrected chi connectivity index (χ1v) is 12.1. The number of amides is 1. The lowest BCUT2D eigenvalue weighted by atomic mass is 9.99. The molecule has 10 heteroatoms. The summed E-state index contributed by atoms with van der Waals surface area (Å²) >= 11 is 6.21. The first kappa shape index (κ1) is 28.0. The molecule has 35 heavy (non-hydrogen) atoms. The van der Waals surface area contributed by atoms with Gasteiger partial charge in [-0.1, -0.05) is 29.8 Å². The zero-order valence-electron chi connectivity index (χ0n) is 20.4. The van der Waals surface area contributed by atoms with Gasteiger partial charge in [0.2, 0.25) is 5.95 Å². The number of nitrogens with one attached hydrogen (secondary N) is 1. The summed E-state index contributed by atoms with van der Waals surface area (Å²) in [6, 6.07) is 6.29. The monoisotopic (exact) mass is 504 g/mol. The largest absolute Gasteiger partial charge is 0.466 e. The molecule has 1 aromatic heterocycles. The molecule has 0 unspecified atom stereocenters. The van der Waals surface area contributed by atoms with Gasteiger partial charge in [0.05, 0.1) is 13.2 Å². The van der Waals surface area contributed by atoms with Crippen molar-refractivity contribution in [2.75, 3.05) is 18.9 Å². The smallest absolute Gasteiger partial charge is 0.328 e. The normalized spacial score (nSPS) is 11.5. The Morgan fingerprint density at radius 2 is 1.74 bits per heavy atom. The number of hydrogen-bond donors (Lipinski definition) is 2. The SMILES string of the molecule is CCOC(=O)CC[C@H](NC(=O)c1ccccc1CCCCc1c(C)nc(N)nc1Cl)C(=O)OCC.